The predicted molar refractivity (Wildman–Crippen MR) is 153 cm³/mol. The average Bonchev–Trinajstić information content (AvgIpc) is 3.18. The minimum atomic E-state index is -0.999. The molecule has 3 aromatic rings. The molecule has 206 valence electrons. The van der Waals surface area contributed by atoms with Crippen LogP contribution >= 0.6 is 35.0 Å². The zero-order valence-corrected chi connectivity index (χ0v) is 24.2. The van der Waals surface area contributed by atoms with Crippen molar-refractivity contribution in [3.05, 3.63) is 69.7 Å². The number of halogens is 2. The third-order valence-corrected chi connectivity index (χ3v) is 9.75. The highest BCUT2D eigenvalue weighted by atomic mass is 35.5. The molecule has 1 aliphatic carbocycles. The van der Waals surface area contributed by atoms with E-state index in [1.165, 1.54) is 22.9 Å². The summed E-state index contributed by atoms with van der Waals surface area (Å²) in [5, 5.41) is 23.5. The van der Waals surface area contributed by atoms with Crippen LogP contribution in [-0.2, 0) is 13.0 Å². The van der Waals surface area contributed by atoms with E-state index < -0.39 is 11.6 Å². The molecule has 1 saturated heterocycles. The molecule has 1 amide bonds. The third kappa shape index (κ3) is 5.82. The Labute approximate surface area is 242 Å². The Hall–Kier alpha value is -2.59. The van der Waals surface area contributed by atoms with E-state index in [1.54, 1.807) is 18.5 Å². The van der Waals surface area contributed by atoms with Crippen LogP contribution in [-0.4, -0.2) is 49.9 Å². The minimum Gasteiger partial charge on any atom is -0.465 e. The number of hydrogen-bond donors (Lipinski definition) is 3. The van der Waals surface area contributed by atoms with Gasteiger partial charge in [0.15, 0.2) is 5.82 Å². The average molecular weight is 589 g/mol. The van der Waals surface area contributed by atoms with Crippen molar-refractivity contribution in [1.82, 2.24) is 20.3 Å². The van der Waals surface area contributed by atoms with Crippen molar-refractivity contribution in [3.8, 4) is 0 Å². The summed E-state index contributed by atoms with van der Waals surface area (Å²) in [5.74, 6) is 0.937. The van der Waals surface area contributed by atoms with Crippen LogP contribution in [0.25, 0.3) is 0 Å². The molecule has 1 spiro atoms. The molecule has 3 N–H and O–H groups in total. The van der Waals surface area contributed by atoms with Crippen molar-refractivity contribution in [2.45, 2.75) is 67.5 Å². The van der Waals surface area contributed by atoms with Gasteiger partial charge in [0.25, 0.3) is 0 Å². The van der Waals surface area contributed by atoms with Gasteiger partial charge in [-0.25, -0.2) is 19.7 Å². The molecule has 2 aromatic heterocycles. The van der Waals surface area contributed by atoms with Crippen LogP contribution in [0.2, 0.25) is 10.2 Å². The monoisotopic (exact) mass is 587 g/mol. The summed E-state index contributed by atoms with van der Waals surface area (Å²) in [6, 6.07) is 10.3. The van der Waals surface area contributed by atoms with Gasteiger partial charge in [-0.05, 0) is 68.1 Å². The van der Waals surface area contributed by atoms with E-state index in [4.69, 9.17) is 28.2 Å². The Morgan fingerprint density at radius 2 is 1.95 bits per heavy atom. The van der Waals surface area contributed by atoms with Crippen LogP contribution in [0.3, 0.4) is 0 Å². The lowest BCUT2D eigenvalue weighted by molar-refractivity contribution is 0.143. The van der Waals surface area contributed by atoms with Crippen LogP contribution in [0, 0.1) is 5.41 Å². The highest BCUT2D eigenvalue weighted by Crippen LogP contribution is 2.56. The number of carboxylic acid groups (broad SMARTS) is 1. The molecule has 1 aliphatic heterocycles. The summed E-state index contributed by atoms with van der Waals surface area (Å²) in [5.41, 5.74) is 2.69. The topological polar surface area (TPSA) is 111 Å². The maximum atomic E-state index is 11.5. The van der Waals surface area contributed by atoms with E-state index >= 15 is 0 Å². The van der Waals surface area contributed by atoms with Crippen LogP contribution in [0.15, 0.2) is 52.6 Å². The first kappa shape index (κ1) is 28.0. The molecule has 1 atom stereocenters. The number of rotatable bonds is 7. The van der Waals surface area contributed by atoms with Gasteiger partial charge in [-0.1, -0.05) is 59.2 Å². The van der Waals surface area contributed by atoms with Gasteiger partial charge in [0.1, 0.15) is 15.9 Å². The first-order valence-electron chi connectivity index (χ1n) is 12.9. The molecule has 2 aliphatic rings. The number of fused-ring (bicyclic) bond motifs is 1. The van der Waals surface area contributed by atoms with E-state index in [2.05, 4.69) is 44.5 Å². The predicted octanol–water partition coefficient (Wildman–Crippen LogP) is 6.18. The number of pyridine rings is 1. The zero-order chi connectivity index (χ0) is 27.8. The molecule has 0 bridgehead atoms. The lowest BCUT2D eigenvalue weighted by Crippen LogP contribution is -2.48. The highest BCUT2D eigenvalue weighted by Gasteiger charge is 2.49. The number of nitrogens with one attached hydrogen (secondary N) is 1. The Kier molecular flexibility index (Phi) is 7.97. The second-order valence-corrected chi connectivity index (χ2v) is 12.7. The SMILES string of the molecule is CC(C)(C[C@@H]1c2ccccc2CC12CCN(c1ncc(Sc3ccnc(Cl)c3Cl)nc1CO)CC2)NC(=O)O. The third-order valence-electron chi connectivity index (χ3n) is 7.91. The number of aliphatic hydroxyl groups excluding tert-OH is 1. The zero-order valence-electron chi connectivity index (χ0n) is 21.8. The quantitative estimate of drug-likeness (QED) is 0.281. The first-order valence-corrected chi connectivity index (χ1v) is 14.5. The van der Waals surface area contributed by atoms with Crippen molar-refractivity contribution >= 4 is 46.9 Å². The van der Waals surface area contributed by atoms with Crippen LogP contribution < -0.4 is 10.2 Å². The normalized spacial score (nSPS) is 18.3. The second-order valence-electron chi connectivity index (χ2n) is 10.9. The molecule has 8 nitrogen and oxygen atoms in total. The number of anilines is 1. The number of hydrogen-bond acceptors (Lipinski definition) is 7. The number of carbonyl (C=O) groups is 1. The lowest BCUT2D eigenvalue weighted by atomic mass is 9.66. The van der Waals surface area contributed by atoms with Gasteiger partial charge in [-0.15, -0.1) is 0 Å². The summed E-state index contributed by atoms with van der Waals surface area (Å²) in [4.78, 5) is 27.7. The van der Waals surface area contributed by atoms with Gasteiger partial charge in [0, 0.05) is 29.7 Å². The minimum absolute atomic E-state index is 0.0393. The summed E-state index contributed by atoms with van der Waals surface area (Å²) in [6.45, 7) is 5.24. The van der Waals surface area contributed by atoms with Crippen molar-refractivity contribution in [3.63, 3.8) is 0 Å². The van der Waals surface area contributed by atoms with E-state index in [0.29, 0.717) is 21.6 Å². The molecular weight excluding hydrogens is 557 g/mol. The maximum absolute atomic E-state index is 11.5. The van der Waals surface area contributed by atoms with Gasteiger partial charge in [0.2, 0.25) is 0 Å². The smallest absolute Gasteiger partial charge is 0.405 e. The Balaban J connectivity index is 1.35. The summed E-state index contributed by atoms with van der Waals surface area (Å²) < 4.78 is 0. The molecule has 0 unspecified atom stereocenters. The van der Waals surface area contributed by atoms with Crippen molar-refractivity contribution in [1.29, 1.82) is 0 Å². The van der Waals surface area contributed by atoms with Crippen molar-refractivity contribution < 1.29 is 15.0 Å². The van der Waals surface area contributed by atoms with E-state index in [1.807, 2.05) is 13.8 Å². The van der Waals surface area contributed by atoms with Crippen molar-refractivity contribution in [2.24, 2.45) is 5.41 Å². The molecule has 3 heterocycles. The highest BCUT2D eigenvalue weighted by molar-refractivity contribution is 7.99. The molecule has 39 heavy (non-hydrogen) atoms. The summed E-state index contributed by atoms with van der Waals surface area (Å²) in [6.07, 6.45) is 5.86. The molecule has 0 saturated carbocycles. The fourth-order valence-corrected chi connectivity index (χ4v) is 7.39. The summed E-state index contributed by atoms with van der Waals surface area (Å²) >= 11 is 13.7. The number of aromatic nitrogens is 3. The number of nitrogens with zero attached hydrogens (tertiary/aromatic N) is 4. The first-order chi connectivity index (χ1) is 18.6. The fraction of sp³-hybridized carbons (Fsp3) is 0.429. The fourth-order valence-electron chi connectivity index (χ4n) is 6.15. The Morgan fingerprint density at radius 1 is 1.21 bits per heavy atom. The van der Waals surface area contributed by atoms with Gasteiger partial charge < -0.3 is 20.4 Å². The summed E-state index contributed by atoms with van der Waals surface area (Å²) in [7, 11) is 0. The number of aliphatic hydroxyl groups is 1. The maximum Gasteiger partial charge on any atom is 0.405 e. The van der Waals surface area contributed by atoms with E-state index in [9.17, 15) is 15.0 Å². The van der Waals surface area contributed by atoms with Crippen LogP contribution in [0.1, 0.15) is 55.8 Å². The van der Waals surface area contributed by atoms with Gasteiger partial charge >= 0.3 is 6.09 Å². The van der Waals surface area contributed by atoms with Crippen LogP contribution in [0.4, 0.5) is 10.6 Å². The number of benzene rings is 1. The van der Waals surface area contributed by atoms with E-state index in [-0.39, 0.29) is 23.1 Å². The Morgan fingerprint density at radius 3 is 2.67 bits per heavy atom. The van der Waals surface area contributed by atoms with Gasteiger partial charge in [-0.3, -0.25) is 0 Å². The standard InChI is InChI=1S/C28H31Cl2N5O3S/c1-27(2,34-26(37)38)14-19-18-6-4-3-5-17(18)13-28(19)8-11-35(12-9-28)25-20(16-36)33-22(15-32-25)39-21-7-10-31-24(30)23(21)29/h3-7,10,15,19,34,36H,8-9,11-14,16H2,1-2H3,(H,37,38)/t19-/m1/s1. The molecule has 5 rings (SSSR count). The second kappa shape index (κ2) is 11.1. The van der Waals surface area contributed by atoms with E-state index in [0.717, 1.165) is 43.7 Å². The largest absolute Gasteiger partial charge is 0.465 e. The van der Waals surface area contributed by atoms with Crippen LogP contribution in [0.5, 0.6) is 0 Å². The lowest BCUT2D eigenvalue weighted by Gasteiger charge is -2.46. The molecular formula is C28H31Cl2N5O3S. The van der Waals surface area contributed by atoms with Gasteiger partial charge in [0.05, 0.1) is 17.8 Å². The van der Waals surface area contributed by atoms with Gasteiger partial charge in [-0.2, -0.15) is 0 Å². The number of amides is 1. The number of piperidine rings is 1. The molecule has 0 radical (unpaired) electrons. The Bertz CT molecular complexity index is 1380. The van der Waals surface area contributed by atoms with Crippen molar-refractivity contribution in [2.75, 3.05) is 18.0 Å². The molecule has 11 heteroatoms. The molecule has 1 fully saturated rings. The molecule has 1 aromatic carbocycles.